The van der Waals surface area contributed by atoms with Gasteiger partial charge in [0.1, 0.15) is 6.07 Å². The van der Waals surface area contributed by atoms with Gasteiger partial charge in [-0.15, -0.1) is 0 Å². The molecular weight excluding hydrogens is 298 g/mol. The van der Waals surface area contributed by atoms with Crippen LogP contribution in [0.3, 0.4) is 0 Å². The van der Waals surface area contributed by atoms with Gasteiger partial charge in [0.15, 0.2) is 0 Å². The van der Waals surface area contributed by atoms with Gasteiger partial charge < -0.3 is 10.2 Å². The highest BCUT2D eigenvalue weighted by atomic mass is 35.5. The van der Waals surface area contributed by atoms with Crippen LogP contribution in [-0.2, 0) is 4.79 Å². The Morgan fingerprint density at radius 1 is 1.32 bits per heavy atom. The van der Waals surface area contributed by atoms with E-state index >= 15 is 0 Å². The van der Waals surface area contributed by atoms with Crippen LogP contribution in [0.1, 0.15) is 37.7 Å². The van der Waals surface area contributed by atoms with Crippen LogP contribution in [0.2, 0.25) is 5.02 Å². The van der Waals surface area contributed by atoms with Crippen LogP contribution >= 0.6 is 11.6 Å². The lowest BCUT2D eigenvalue weighted by Gasteiger charge is -2.21. The quantitative estimate of drug-likeness (QED) is 0.929. The molecule has 2 fully saturated rings. The fraction of sp³-hybridized carbons (Fsp3) is 0.529. The molecule has 1 heterocycles. The molecule has 0 radical (unpaired) electrons. The summed E-state index contributed by atoms with van der Waals surface area (Å²) in [5, 5.41) is 13.2. The second kappa shape index (κ2) is 6.58. The molecule has 1 aromatic carbocycles. The maximum atomic E-state index is 12.4. The van der Waals surface area contributed by atoms with Crippen LogP contribution in [0, 0.1) is 17.2 Å². The number of carbonyl (C=O) groups excluding carboxylic acids is 1. The highest BCUT2D eigenvalue weighted by Gasteiger charge is 2.32. The summed E-state index contributed by atoms with van der Waals surface area (Å²) in [5.74, 6) is 0.549. The van der Waals surface area contributed by atoms with Gasteiger partial charge in [0, 0.05) is 30.1 Å². The minimum Gasteiger partial charge on any atom is -0.379 e. The summed E-state index contributed by atoms with van der Waals surface area (Å²) >= 11 is 6.01. The Labute approximate surface area is 136 Å². The minimum atomic E-state index is 0.191. The zero-order valence-corrected chi connectivity index (χ0v) is 13.3. The van der Waals surface area contributed by atoms with Crippen molar-refractivity contribution in [3.05, 3.63) is 28.8 Å². The third kappa shape index (κ3) is 3.20. The number of carbonyl (C=O) groups is 1. The number of nitrogens with one attached hydrogen (secondary N) is 1. The van der Waals surface area contributed by atoms with Gasteiger partial charge in [-0.05, 0) is 37.5 Å². The number of benzene rings is 1. The lowest BCUT2D eigenvalue weighted by molar-refractivity contribution is -0.134. The van der Waals surface area contributed by atoms with Crippen molar-refractivity contribution in [3.63, 3.8) is 0 Å². The molecule has 5 heteroatoms. The number of hydrogen-bond acceptors (Lipinski definition) is 3. The molecule has 1 amide bonds. The number of nitrogens with zero attached hydrogens (tertiary/aromatic N) is 2. The van der Waals surface area contributed by atoms with E-state index in [0.717, 1.165) is 31.5 Å². The minimum absolute atomic E-state index is 0.191. The molecule has 0 aromatic heterocycles. The van der Waals surface area contributed by atoms with E-state index in [4.69, 9.17) is 16.9 Å². The smallest absolute Gasteiger partial charge is 0.225 e. The van der Waals surface area contributed by atoms with Crippen LogP contribution in [0.15, 0.2) is 18.2 Å². The second-order valence-corrected chi connectivity index (χ2v) is 6.63. The SMILES string of the molecule is N#Cc1ccc(Cl)cc1NC1CCN(C(=O)C2CCCC2)C1. The Balaban J connectivity index is 1.62. The molecule has 1 aliphatic heterocycles. The van der Waals surface area contributed by atoms with Crippen LogP contribution in [-0.4, -0.2) is 29.9 Å². The van der Waals surface area contributed by atoms with Crippen molar-refractivity contribution in [2.45, 2.75) is 38.1 Å². The first-order chi connectivity index (χ1) is 10.7. The number of likely N-dealkylation sites (tertiary alicyclic amines) is 1. The average molecular weight is 318 g/mol. The molecule has 1 N–H and O–H groups in total. The summed E-state index contributed by atoms with van der Waals surface area (Å²) in [6.07, 6.45) is 5.36. The van der Waals surface area contributed by atoms with Gasteiger partial charge >= 0.3 is 0 Å². The number of nitriles is 1. The summed E-state index contributed by atoms with van der Waals surface area (Å²) in [6.45, 7) is 1.52. The van der Waals surface area contributed by atoms with Gasteiger partial charge in [-0.1, -0.05) is 24.4 Å². The fourth-order valence-electron chi connectivity index (χ4n) is 3.46. The Kier molecular flexibility index (Phi) is 4.54. The van der Waals surface area contributed by atoms with Crippen molar-refractivity contribution in [3.8, 4) is 6.07 Å². The molecule has 1 aromatic rings. The van der Waals surface area contributed by atoms with E-state index < -0.39 is 0 Å². The normalized spacial score (nSPS) is 21.8. The van der Waals surface area contributed by atoms with Gasteiger partial charge in [-0.3, -0.25) is 4.79 Å². The predicted molar refractivity (Wildman–Crippen MR) is 86.7 cm³/mol. The predicted octanol–water partition coefficient (Wildman–Crippen LogP) is 3.41. The highest BCUT2D eigenvalue weighted by Crippen LogP contribution is 2.29. The summed E-state index contributed by atoms with van der Waals surface area (Å²) in [5.41, 5.74) is 1.35. The molecule has 0 spiro atoms. The first-order valence-corrected chi connectivity index (χ1v) is 8.30. The standard InChI is InChI=1S/C17H20ClN3O/c18-14-6-5-13(10-19)16(9-14)20-15-7-8-21(11-15)17(22)12-3-1-2-4-12/h5-6,9,12,15,20H,1-4,7-8,11H2. The summed E-state index contributed by atoms with van der Waals surface area (Å²) in [6, 6.07) is 7.59. The first-order valence-electron chi connectivity index (χ1n) is 7.92. The van der Waals surface area contributed by atoms with Gasteiger partial charge in [0.05, 0.1) is 11.3 Å². The maximum Gasteiger partial charge on any atom is 0.225 e. The Bertz CT molecular complexity index is 604. The van der Waals surface area contributed by atoms with Crippen LogP contribution in [0.4, 0.5) is 5.69 Å². The molecule has 1 aliphatic carbocycles. The van der Waals surface area contributed by atoms with Gasteiger partial charge in [-0.25, -0.2) is 0 Å². The second-order valence-electron chi connectivity index (χ2n) is 6.20. The Morgan fingerprint density at radius 2 is 2.09 bits per heavy atom. The van der Waals surface area contributed by atoms with Crippen molar-refractivity contribution >= 4 is 23.2 Å². The highest BCUT2D eigenvalue weighted by molar-refractivity contribution is 6.30. The Morgan fingerprint density at radius 3 is 2.82 bits per heavy atom. The van der Waals surface area contributed by atoms with E-state index in [2.05, 4.69) is 11.4 Å². The summed E-state index contributed by atoms with van der Waals surface area (Å²) < 4.78 is 0. The molecule has 116 valence electrons. The van der Waals surface area contributed by atoms with E-state index in [1.165, 1.54) is 12.8 Å². The van der Waals surface area contributed by atoms with E-state index in [1.807, 2.05) is 4.90 Å². The molecule has 3 rings (SSSR count). The van der Waals surface area contributed by atoms with E-state index in [9.17, 15) is 4.79 Å². The zero-order chi connectivity index (χ0) is 15.5. The van der Waals surface area contributed by atoms with Gasteiger partial charge in [0.25, 0.3) is 0 Å². The molecule has 4 nitrogen and oxygen atoms in total. The summed E-state index contributed by atoms with van der Waals surface area (Å²) in [4.78, 5) is 14.4. The number of amides is 1. The molecule has 1 saturated heterocycles. The van der Waals surface area contributed by atoms with Crippen molar-refractivity contribution in [2.24, 2.45) is 5.92 Å². The Hall–Kier alpha value is -1.73. The largest absolute Gasteiger partial charge is 0.379 e. The van der Waals surface area contributed by atoms with Crippen molar-refractivity contribution < 1.29 is 4.79 Å². The van der Waals surface area contributed by atoms with Gasteiger partial charge in [-0.2, -0.15) is 5.26 Å². The molecular formula is C17H20ClN3O. The zero-order valence-electron chi connectivity index (χ0n) is 12.5. The average Bonchev–Trinajstić information content (AvgIpc) is 3.18. The monoisotopic (exact) mass is 317 g/mol. The van der Waals surface area contributed by atoms with Crippen LogP contribution in [0.5, 0.6) is 0 Å². The van der Waals surface area contributed by atoms with E-state index in [1.54, 1.807) is 18.2 Å². The van der Waals surface area contributed by atoms with Crippen molar-refractivity contribution in [2.75, 3.05) is 18.4 Å². The number of hydrogen-bond donors (Lipinski definition) is 1. The fourth-order valence-corrected chi connectivity index (χ4v) is 3.63. The number of anilines is 1. The van der Waals surface area contributed by atoms with Crippen molar-refractivity contribution in [1.82, 2.24) is 4.90 Å². The molecule has 2 aliphatic rings. The third-order valence-corrected chi connectivity index (χ3v) is 4.90. The molecule has 1 atom stereocenters. The maximum absolute atomic E-state index is 12.4. The van der Waals surface area contributed by atoms with E-state index in [-0.39, 0.29) is 12.0 Å². The first kappa shape index (κ1) is 15.2. The molecule has 22 heavy (non-hydrogen) atoms. The topological polar surface area (TPSA) is 56.1 Å². The van der Waals surface area contributed by atoms with Crippen LogP contribution in [0.25, 0.3) is 0 Å². The summed E-state index contributed by atoms with van der Waals surface area (Å²) in [7, 11) is 0. The lowest BCUT2D eigenvalue weighted by Crippen LogP contribution is -2.35. The third-order valence-electron chi connectivity index (χ3n) is 4.67. The van der Waals surface area contributed by atoms with Gasteiger partial charge in [0.2, 0.25) is 5.91 Å². The van der Waals surface area contributed by atoms with E-state index in [0.29, 0.717) is 23.0 Å². The lowest BCUT2D eigenvalue weighted by atomic mass is 10.1. The van der Waals surface area contributed by atoms with Crippen LogP contribution < -0.4 is 5.32 Å². The van der Waals surface area contributed by atoms with Crippen molar-refractivity contribution in [1.29, 1.82) is 5.26 Å². The molecule has 1 unspecified atom stereocenters. The molecule has 0 bridgehead atoms. The molecule has 1 saturated carbocycles. The number of halogens is 1. The number of rotatable bonds is 3.